The van der Waals surface area contributed by atoms with Crippen LogP contribution in [-0.4, -0.2) is 80.8 Å². The number of piperidine rings is 1. The molecule has 1 aromatic carbocycles. The van der Waals surface area contributed by atoms with Crippen LogP contribution in [0.5, 0.6) is 5.75 Å². The molecule has 0 radical (unpaired) electrons. The summed E-state index contributed by atoms with van der Waals surface area (Å²) in [5.41, 5.74) is 0.475. The minimum atomic E-state index is -1.29. The van der Waals surface area contributed by atoms with Crippen molar-refractivity contribution in [1.82, 2.24) is 9.80 Å². The van der Waals surface area contributed by atoms with Crippen molar-refractivity contribution in [3.8, 4) is 5.75 Å². The molecule has 1 aromatic rings. The largest absolute Gasteiger partial charge is 0.514 e. The third-order valence-electron chi connectivity index (χ3n) is 7.10. The highest BCUT2D eigenvalue weighted by Gasteiger charge is 2.64. The molecule has 0 saturated carbocycles. The molecular formula is C26H27N3O9. The zero-order chi connectivity index (χ0) is 27.5. The van der Waals surface area contributed by atoms with Crippen molar-refractivity contribution in [2.75, 3.05) is 18.0 Å². The normalized spacial score (nSPS) is 25.5. The highest BCUT2D eigenvalue weighted by molar-refractivity contribution is 6.09. The van der Waals surface area contributed by atoms with Gasteiger partial charge < -0.3 is 24.6 Å². The van der Waals surface area contributed by atoms with Crippen LogP contribution < -0.4 is 9.64 Å². The summed E-state index contributed by atoms with van der Waals surface area (Å²) in [6.07, 6.45) is 0.224. The fraction of sp³-hybridized carbons (Fsp3) is 0.423. The summed E-state index contributed by atoms with van der Waals surface area (Å²) in [4.78, 5) is 65.3. The predicted molar refractivity (Wildman–Crippen MR) is 130 cm³/mol. The van der Waals surface area contributed by atoms with Crippen molar-refractivity contribution in [2.24, 2.45) is 5.92 Å². The maximum atomic E-state index is 13.3. The Kier molecular flexibility index (Phi) is 5.92. The molecule has 3 saturated heterocycles. The molecule has 3 amide bonds. The van der Waals surface area contributed by atoms with Crippen LogP contribution in [-0.2, 0) is 19.1 Å². The number of hydrogen-bond donors (Lipinski definition) is 2. The van der Waals surface area contributed by atoms with Crippen molar-refractivity contribution in [3.63, 3.8) is 0 Å². The first-order valence-electron chi connectivity index (χ1n) is 12.2. The molecule has 200 valence electrons. The van der Waals surface area contributed by atoms with Gasteiger partial charge in [-0.05, 0) is 69.5 Å². The van der Waals surface area contributed by atoms with Gasteiger partial charge in [0.2, 0.25) is 0 Å². The van der Waals surface area contributed by atoms with E-state index in [0.29, 0.717) is 36.2 Å². The number of amides is 3. The number of likely N-dealkylation sites (tertiary alicyclic amines) is 1. The number of β-lactam (4-membered cyclic amide) rings is 1. The van der Waals surface area contributed by atoms with Gasteiger partial charge in [0.15, 0.2) is 0 Å². The van der Waals surface area contributed by atoms with E-state index in [1.165, 1.54) is 9.80 Å². The first-order chi connectivity index (χ1) is 17.9. The topological polar surface area (TPSA) is 154 Å². The molecule has 2 N–H and O–H groups in total. The highest BCUT2D eigenvalue weighted by Crippen LogP contribution is 2.49. The van der Waals surface area contributed by atoms with E-state index >= 15 is 0 Å². The lowest BCUT2D eigenvalue weighted by molar-refractivity contribution is -0.161. The molecule has 4 aliphatic rings. The Morgan fingerprint density at radius 2 is 1.74 bits per heavy atom. The second-order valence-corrected chi connectivity index (χ2v) is 10.6. The van der Waals surface area contributed by atoms with E-state index < -0.39 is 41.8 Å². The van der Waals surface area contributed by atoms with E-state index in [0.717, 1.165) is 4.90 Å². The van der Waals surface area contributed by atoms with E-state index in [2.05, 4.69) is 0 Å². The molecule has 0 spiro atoms. The number of aliphatic carboxylic acids is 1. The van der Waals surface area contributed by atoms with Gasteiger partial charge in [-0.1, -0.05) is 0 Å². The summed E-state index contributed by atoms with van der Waals surface area (Å²) in [6.45, 7) is 5.64. The summed E-state index contributed by atoms with van der Waals surface area (Å²) in [7, 11) is 0. The molecule has 4 aliphatic heterocycles. The Bertz CT molecular complexity index is 1310. The fourth-order valence-electron chi connectivity index (χ4n) is 5.57. The van der Waals surface area contributed by atoms with Crippen molar-refractivity contribution in [2.45, 2.75) is 51.3 Å². The number of carbonyl (C=O) groups excluding carboxylic acids is 3. The molecule has 3 fully saturated rings. The lowest BCUT2D eigenvalue weighted by atomic mass is 9.78. The fourth-order valence-corrected chi connectivity index (χ4v) is 5.57. The Morgan fingerprint density at radius 3 is 2.34 bits per heavy atom. The van der Waals surface area contributed by atoms with Crippen molar-refractivity contribution < 1.29 is 43.7 Å². The van der Waals surface area contributed by atoms with E-state index in [9.17, 15) is 34.2 Å². The number of carboxylic acid groups (broad SMARTS) is 2. The molecule has 5 rings (SSSR count). The number of hydrogen-bond acceptors (Lipinski definition) is 7. The molecule has 0 aliphatic carbocycles. The Balaban J connectivity index is 1.35. The quantitative estimate of drug-likeness (QED) is 0.261. The standard InChI is InChI=1S/C26H27N3O9/c1-26(2,3)38-25(36)37-15-6-4-14(5-7-15)27-10-8-13(21(27)30)12-17-16-9-11-28(24(34)35)20-18(16)29(22(20)31)19(17)23(32)33/h4-7,12,16,18,20H,8-11H2,1-3H3,(H,32,33)(H,34,35)/b13-12+/t16?,18-,20+/m1/s1. The van der Waals surface area contributed by atoms with Crippen molar-refractivity contribution in [1.29, 1.82) is 0 Å². The van der Waals surface area contributed by atoms with E-state index in [1.54, 1.807) is 51.1 Å². The van der Waals surface area contributed by atoms with Crippen LogP contribution in [0.4, 0.5) is 15.3 Å². The van der Waals surface area contributed by atoms with Gasteiger partial charge in [-0.15, -0.1) is 0 Å². The average molecular weight is 526 g/mol. The van der Waals surface area contributed by atoms with Gasteiger partial charge in [0.1, 0.15) is 23.1 Å². The minimum absolute atomic E-state index is 0.109. The number of nitrogens with zero attached hydrogens (tertiary/aromatic N) is 3. The summed E-state index contributed by atoms with van der Waals surface area (Å²) >= 11 is 0. The number of carbonyl (C=O) groups is 5. The summed E-state index contributed by atoms with van der Waals surface area (Å²) < 4.78 is 10.3. The number of carboxylic acids is 1. The highest BCUT2D eigenvalue weighted by atomic mass is 16.7. The minimum Gasteiger partial charge on any atom is -0.477 e. The molecule has 3 atom stereocenters. The predicted octanol–water partition coefficient (Wildman–Crippen LogP) is 2.60. The van der Waals surface area contributed by atoms with Gasteiger partial charge in [0.25, 0.3) is 11.8 Å². The number of allylic oxidation sites excluding steroid dienone is 1. The molecule has 38 heavy (non-hydrogen) atoms. The second kappa shape index (κ2) is 8.89. The van der Waals surface area contributed by atoms with Gasteiger partial charge in [-0.25, -0.2) is 14.4 Å². The summed E-state index contributed by atoms with van der Waals surface area (Å²) in [6, 6.07) is 4.88. The van der Waals surface area contributed by atoms with Crippen molar-refractivity contribution in [3.05, 3.63) is 47.2 Å². The van der Waals surface area contributed by atoms with Crippen LogP contribution in [0.1, 0.15) is 33.6 Å². The van der Waals surface area contributed by atoms with Gasteiger partial charge >= 0.3 is 18.2 Å². The number of benzene rings is 1. The summed E-state index contributed by atoms with van der Waals surface area (Å²) in [5.74, 6) is -2.26. The molecule has 12 nitrogen and oxygen atoms in total. The third-order valence-corrected chi connectivity index (χ3v) is 7.10. The maximum absolute atomic E-state index is 13.3. The summed E-state index contributed by atoms with van der Waals surface area (Å²) in [5, 5.41) is 19.3. The maximum Gasteiger partial charge on any atom is 0.514 e. The van der Waals surface area contributed by atoms with Crippen LogP contribution in [0.25, 0.3) is 0 Å². The van der Waals surface area contributed by atoms with Crippen LogP contribution in [0.3, 0.4) is 0 Å². The number of rotatable bonds is 4. The average Bonchev–Trinajstić information content (AvgIpc) is 3.34. The van der Waals surface area contributed by atoms with Gasteiger partial charge in [-0.2, -0.15) is 0 Å². The molecule has 1 unspecified atom stereocenters. The van der Waals surface area contributed by atoms with E-state index in [4.69, 9.17) is 9.47 Å². The molecule has 0 aromatic heterocycles. The van der Waals surface area contributed by atoms with Crippen LogP contribution in [0.15, 0.2) is 47.2 Å². The zero-order valence-corrected chi connectivity index (χ0v) is 21.0. The lowest BCUT2D eigenvalue weighted by Crippen LogP contribution is -2.73. The van der Waals surface area contributed by atoms with Crippen LogP contribution >= 0.6 is 0 Å². The Hall–Kier alpha value is -4.35. The molecular weight excluding hydrogens is 498 g/mol. The second-order valence-electron chi connectivity index (χ2n) is 10.6. The monoisotopic (exact) mass is 525 g/mol. The van der Waals surface area contributed by atoms with E-state index in [1.807, 2.05) is 0 Å². The van der Waals surface area contributed by atoms with Gasteiger partial charge in [0, 0.05) is 30.3 Å². The SMILES string of the molecule is CC(C)(C)OC(=O)Oc1ccc(N2CC/C(=C\C3=C(C(=O)O)N4C(=O)[C@@H]5[C@H]4C3CCN5C(=O)O)C2=O)cc1. The molecule has 4 heterocycles. The zero-order valence-electron chi connectivity index (χ0n) is 21.0. The van der Waals surface area contributed by atoms with Gasteiger partial charge in [0.05, 0.1) is 6.04 Å². The van der Waals surface area contributed by atoms with Crippen LogP contribution in [0, 0.1) is 5.92 Å². The van der Waals surface area contributed by atoms with E-state index in [-0.39, 0.29) is 29.8 Å². The van der Waals surface area contributed by atoms with Crippen LogP contribution in [0.2, 0.25) is 0 Å². The number of ether oxygens (including phenoxy) is 2. The Labute approximate surface area is 217 Å². The third kappa shape index (κ3) is 4.15. The smallest absolute Gasteiger partial charge is 0.477 e. The Morgan fingerprint density at radius 1 is 1.05 bits per heavy atom. The number of anilines is 1. The van der Waals surface area contributed by atoms with Crippen molar-refractivity contribution >= 4 is 35.7 Å². The molecule has 0 bridgehead atoms. The molecule has 12 heteroatoms. The lowest BCUT2D eigenvalue weighted by Gasteiger charge is -2.52. The first-order valence-corrected chi connectivity index (χ1v) is 12.2. The van der Waals surface area contributed by atoms with Gasteiger partial charge in [-0.3, -0.25) is 19.4 Å². The first kappa shape index (κ1) is 25.3.